The Morgan fingerprint density at radius 3 is 2.65 bits per heavy atom. The first kappa shape index (κ1) is 19.6. The molecule has 2 aromatic heterocycles. The first-order valence-corrected chi connectivity index (χ1v) is 8.22. The summed E-state index contributed by atoms with van der Waals surface area (Å²) in [5.74, 6) is -0.253. The van der Waals surface area contributed by atoms with E-state index in [1.54, 1.807) is 30.6 Å². The Morgan fingerprint density at radius 1 is 1.12 bits per heavy atom. The molecule has 0 atom stereocenters. The van der Waals surface area contributed by atoms with Crippen molar-refractivity contribution in [2.45, 2.75) is 6.42 Å². The summed E-state index contributed by atoms with van der Waals surface area (Å²) in [5.41, 5.74) is 8.47. The van der Waals surface area contributed by atoms with Gasteiger partial charge in [-0.2, -0.15) is 0 Å². The molecule has 0 bridgehead atoms. The Labute approximate surface area is 158 Å². The molecule has 136 valence electrons. The second kappa shape index (κ2) is 9.12. The lowest BCUT2D eigenvalue weighted by Crippen LogP contribution is -2.21. The minimum atomic E-state index is -0.253. The molecule has 0 unspecified atom stereocenters. The number of nitrogens with zero attached hydrogens (tertiary/aromatic N) is 3. The van der Waals surface area contributed by atoms with E-state index >= 15 is 0 Å². The van der Waals surface area contributed by atoms with Crippen molar-refractivity contribution in [3.8, 4) is 0 Å². The average molecular weight is 372 g/mol. The third kappa shape index (κ3) is 4.28. The van der Waals surface area contributed by atoms with Crippen LogP contribution in [0.5, 0.6) is 0 Å². The van der Waals surface area contributed by atoms with Crippen molar-refractivity contribution < 1.29 is 4.79 Å². The molecule has 0 saturated heterocycles. The normalized spacial score (nSPS) is 10.2. The van der Waals surface area contributed by atoms with E-state index in [-0.39, 0.29) is 18.3 Å². The van der Waals surface area contributed by atoms with Gasteiger partial charge in [-0.3, -0.25) is 14.8 Å². The zero-order chi connectivity index (χ0) is 17.6. The molecule has 0 aliphatic rings. The molecule has 26 heavy (non-hydrogen) atoms. The van der Waals surface area contributed by atoms with Gasteiger partial charge < -0.3 is 16.0 Å². The van der Waals surface area contributed by atoms with Gasteiger partial charge in [0.15, 0.2) is 0 Å². The number of anilines is 2. The summed E-state index contributed by atoms with van der Waals surface area (Å²) >= 11 is 0. The van der Waals surface area contributed by atoms with E-state index in [0.717, 1.165) is 29.6 Å². The first-order chi connectivity index (χ1) is 12.2. The van der Waals surface area contributed by atoms with Crippen molar-refractivity contribution in [1.82, 2.24) is 9.97 Å². The molecule has 3 rings (SSSR count). The Bertz CT molecular complexity index is 872. The minimum absolute atomic E-state index is 0. The maximum Gasteiger partial charge on any atom is 0.274 e. The largest absolute Gasteiger partial charge is 0.374 e. The maximum atomic E-state index is 12.4. The molecule has 0 aliphatic carbocycles. The number of aromatic nitrogens is 2. The molecule has 3 aromatic rings. The third-order valence-corrected chi connectivity index (χ3v) is 4.00. The fourth-order valence-corrected chi connectivity index (χ4v) is 2.72. The van der Waals surface area contributed by atoms with Crippen LogP contribution in [0.2, 0.25) is 0 Å². The number of hydrogen-bond donors (Lipinski definition) is 2. The highest BCUT2D eigenvalue weighted by molar-refractivity contribution is 6.09. The standard InChI is InChI=1S/C19H21N5O.ClH/c1-24(13-5-10-20)17-9-8-15(18-14(17)6-4-12-22-18)23-19(25)16-7-2-3-11-21-16;/h2-4,6-9,11-12H,5,10,13,20H2,1H3,(H,23,25);1H. The van der Waals surface area contributed by atoms with Gasteiger partial charge in [-0.15, -0.1) is 12.4 Å². The van der Waals surface area contributed by atoms with Crippen LogP contribution in [0.4, 0.5) is 11.4 Å². The van der Waals surface area contributed by atoms with Gasteiger partial charge in [-0.05, 0) is 49.4 Å². The molecule has 6 nitrogen and oxygen atoms in total. The van der Waals surface area contributed by atoms with Crippen LogP contribution < -0.4 is 16.0 Å². The van der Waals surface area contributed by atoms with Crippen molar-refractivity contribution >= 4 is 40.6 Å². The molecule has 1 amide bonds. The molecular weight excluding hydrogens is 350 g/mol. The summed E-state index contributed by atoms with van der Waals surface area (Å²) in [4.78, 5) is 23.1. The van der Waals surface area contributed by atoms with Gasteiger partial charge in [0, 0.05) is 37.1 Å². The van der Waals surface area contributed by atoms with Crippen molar-refractivity contribution in [2.75, 3.05) is 30.4 Å². The number of fused-ring (bicyclic) bond motifs is 1. The number of hydrogen-bond acceptors (Lipinski definition) is 5. The number of nitrogens with two attached hydrogens (primary N) is 1. The van der Waals surface area contributed by atoms with E-state index < -0.39 is 0 Å². The lowest BCUT2D eigenvalue weighted by atomic mass is 10.1. The highest BCUT2D eigenvalue weighted by Crippen LogP contribution is 2.30. The van der Waals surface area contributed by atoms with Crippen LogP contribution in [-0.4, -0.2) is 36.0 Å². The summed E-state index contributed by atoms with van der Waals surface area (Å²) in [6.07, 6.45) is 4.24. The van der Waals surface area contributed by atoms with Crippen LogP contribution in [0.15, 0.2) is 54.9 Å². The number of halogens is 1. The van der Waals surface area contributed by atoms with E-state index in [4.69, 9.17) is 5.73 Å². The Morgan fingerprint density at radius 2 is 1.92 bits per heavy atom. The van der Waals surface area contributed by atoms with Crippen LogP contribution in [0, 0.1) is 0 Å². The van der Waals surface area contributed by atoms with E-state index in [2.05, 4.69) is 20.2 Å². The molecule has 0 radical (unpaired) electrons. The average Bonchev–Trinajstić information content (AvgIpc) is 2.67. The monoisotopic (exact) mass is 371 g/mol. The molecule has 0 saturated carbocycles. The predicted molar refractivity (Wildman–Crippen MR) is 108 cm³/mol. The van der Waals surface area contributed by atoms with Gasteiger partial charge in [0.1, 0.15) is 5.69 Å². The first-order valence-electron chi connectivity index (χ1n) is 8.22. The van der Waals surface area contributed by atoms with Crippen LogP contribution in [0.3, 0.4) is 0 Å². The van der Waals surface area contributed by atoms with E-state index in [1.807, 2.05) is 31.3 Å². The lowest BCUT2D eigenvalue weighted by molar-refractivity contribution is 0.102. The van der Waals surface area contributed by atoms with Gasteiger partial charge in [0.25, 0.3) is 5.91 Å². The molecule has 3 N–H and O–H groups in total. The fraction of sp³-hybridized carbons (Fsp3) is 0.211. The van der Waals surface area contributed by atoms with Crippen LogP contribution in [-0.2, 0) is 0 Å². The highest BCUT2D eigenvalue weighted by atomic mass is 35.5. The van der Waals surface area contributed by atoms with Gasteiger partial charge >= 0.3 is 0 Å². The van der Waals surface area contributed by atoms with Gasteiger partial charge in [-0.25, -0.2) is 0 Å². The maximum absolute atomic E-state index is 12.4. The highest BCUT2D eigenvalue weighted by Gasteiger charge is 2.13. The number of amides is 1. The van der Waals surface area contributed by atoms with E-state index in [1.165, 1.54) is 0 Å². The minimum Gasteiger partial charge on any atom is -0.374 e. The van der Waals surface area contributed by atoms with Crippen molar-refractivity contribution in [3.63, 3.8) is 0 Å². The topological polar surface area (TPSA) is 84.1 Å². The Balaban J connectivity index is 0.00000243. The molecule has 0 spiro atoms. The second-order valence-corrected chi connectivity index (χ2v) is 5.76. The summed E-state index contributed by atoms with van der Waals surface area (Å²) in [6, 6.07) is 13.0. The van der Waals surface area contributed by atoms with Crippen molar-refractivity contribution in [2.24, 2.45) is 5.73 Å². The second-order valence-electron chi connectivity index (χ2n) is 5.76. The number of benzene rings is 1. The summed E-state index contributed by atoms with van der Waals surface area (Å²) in [6.45, 7) is 1.51. The zero-order valence-electron chi connectivity index (χ0n) is 14.6. The summed E-state index contributed by atoms with van der Waals surface area (Å²) in [7, 11) is 2.03. The summed E-state index contributed by atoms with van der Waals surface area (Å²) < 4.78 is 0. The Kier molecular flexibility index (Phi) is 6.89. The molecular formula is C19H22ClN5O. The number of rotatable bonds is 6. The molecule has 2 heterocycles. The fourth-order valence-electron chi connectivity index (χ4n) is 2.72. The number of pyridine rings is 2. The third-order valence-electron chi connectivity index (χ3n) is 4.00. The predicted octanol–water partition coefficient (Wildman–Crippen LogP) is 3.09. The van der Waals surface area contributed by atoms with Gasteiger partial charge in [0.05, 0.1) is 11.2 Å². The van der Waals surface area contributed by atoms with Crippen LogP contribution >= 0.6 is 12.4 Å². The molecule has 1 aromatic carbocycles. The lowest BCUT2D eigenvalue weighted by Gasteiger charge is -2.21. The molecule has 7 heteroatoms. The van der Waals surface area contributed by atoms with E-state index in [9.17, 15) is 4.79 Å². The van der Waals surface area contributed by atoms with Gasteiger partial charge in [-0.1, -0.05) is 6.07 Å². The smallest absolute Gasteiger partial charge is 0.274 e. The number of nitrogens with one attached hydrogen (secondary N) is 1. The summed E-state index contributed by atoms with van der Waals surface area (Å²) in [5, 5.41) is 3.89. The Hall–Kier alpha value is -2.70. The van der Waals surface area contributed by atoms with Crippen LogP contribution in [0.25, 0.3) is 10.9 Å². The SMILES string of the molecule is CN(CCCN)c1ccc(NC(=O)c2ccccn2)c2ncccc12.Cl. The van der Waals surface area contributed by atoms with Crippen molar-refractivity contribution in [3.05, 3.63) is 60.6 Å². The molecule has 0 aliphatic heterocycles. The number of carbonyl (C=O) groups is 1. The quantitative estimate of drug-likeness (QED) is 0.695. The molecule has 0 fully saturated rings. The van der Waals surface area contributed by atoms with Crippen molar-refractivity contribution in [1.29, 1.82) is 0 Å². The van der Waals surface area contributed by atoms with Crippen LogP contribution in [0.1, 0.15) is 16.9 Å². The van der Waals surface area contributed by atoms with Gasteiger partial charge in [0.2, 0.25) is 0 Å². The number of carbonyl (C=O) groups excluding carboxylic acids is 1. The van der Waals surface area contributed by atoms with E-state index in [0.29, 0.717) is 17.9 Å². The zero-order valence-corrected chi connectivity index (χ0v) is 15.4.